The zero-order valence-corrected chi connectivity index (χ0v) is 12.3. The molecule has 2 unspecified atom stereocenters. The fourth-order valence-electron chi connectivity index (χ4n) is 6.21. The first-order valence-electron chi connectivity index (χ1n) is 8.59. The molecule has 2 N–H and O–H groups in total. The number of hydrogen-bond acceptors (Lipinski definition) is 2. The molecule has 5 aliphatic carbocycles. The second kappa shape index (κ2) is 4.72. The molecule has 1 amide bonds. The Balaban J connectivity index is 1.39. The van der Waals surface area contributed by atoms with Crippen LogP contribution in [-0.2, 0) is 4.79 Å². The van der Waals surface area contributed by atoms with Crippen molar-refractivity contribution in [2.75, 3.05) is 0 Å². The standard InChI is InChI=1S/C17H27NO2/c19-15-3-1-2-14(15)18-16(20)10-17-7-11-4-12(8-17)6-13(5-11)9-17/h11-15,19H,1-10H2,(H,18,20). The highest BCUT2D eigenvalue weighted by molar-refractivity contribution is 5.77. The fraction of sp³-hybridized carbons (Fsp3) is 0.941. The van der Waals surface area contributed by atoms with E-state index >= 15 is 0 Å². The van der Waals surface area contributed by atoms with Crippen LogP contribution in [0.25, 0.3) is 0 Å². The van der Waals surface area contributed by atoms with E-state index in [0.717, 1.165) is 43.4 Å². The van der Waals surface area contributed by atoms with Gasteiger partial charge in [0, 0.05) is 6.42 Å². The van der Waals surface area contributed by atoms with E-state index in [9.17, 15) is 9.90 Å². The van der Waals surface area contributed by atoms with Gasteiger partial charge in [-0.15, -0.1) is 0 Å². The van der Waals surface area contributed by atoms with Crippen LogP contribution in [0.5, 0.6) is 0 Å². The molecule has 0 heterocycles. The summed E-state index contributed by atoms with van der Waals surface area (Å²) in [4.78, 5) is 12.4. The molecule has 2 atom stereocenters. The summed E-state index contributed by atoms with van der Waals surface area (Å²) in [7, 11) is 0. The SMILES string of the molecule is O=C(CC12CC3CC(CC(C3)C1)C2)NC1CCCC1O. The zero-order chi connectivity index (χ0) is 13.7. The van der Waals surface area contributed by atoms with Gasteiger partial charge in [0.15, 0.2) is 0 Å². The van der Waals surface area contributed by atoms with Gasteiger partial charge in [0.1, 0.15) is 0 Å². The summed E-state index contributed by atoms with van der Waals surface area (Å²) >= 11 is 0. The van der Waals surface area contributed by atoms with E-state index in [2.05, 4.69) is 5.32 Å². The predicted octanol–water partition coefficient (Wildman–Crippen LogP) is 2.62. The molecule has 5 fully saturated rings. The average molecular weight is 277 g/mol. The van der Waals surface area contributed by atoms with Crippen LogP contribution in [0.3, 0.4) is 0 Å². The quantitative estimate of drug-likeness (QED) is 0.833. The molecule has 0 radical (unpaired) electrons. The number of carbonyl (C=O) groups is 1. The van der Waals surface area contributed by atoms with E-state index < -0.39 is 0 Å². The summed E-state index contributed by atoms with van der Waals surface area (Å²) in [5.41, 5.74) is 0.322. The van der Waals surface area contributed by atoms with Crippen LogP contribution in [0.1, 0.15) is 64.2 Å². The van der Waals surface area contributed by atoms with Crippen LogP contribution in [0.4, 0.5) is 0 Å². The van der Waals surface area contributed by atoms with Crippen molar-refractivity contribution in [1.29, 1.82) is 0 Å². The Hall–Kier alpha value is -0.570. The monoisotopic (exact) mass is 277 g/mol. The number of aliphatic hydroxyl groups is 1. The van der Waals surface area contributed by atoms with Gasteiger partial charge in [-0.1, -0.05) is 0 Å². The topological polar surface area (TPSA) is 49.3 Å². The highest BCUT2D eigenvalue weighted by Gasteiger charge is 2.51. The third kappa shape index (κ3) is 2.28. The minimum absolute atomic E-state index is 0.0245. The van der Waals surface area contributed by atoms with Gasteiger partial charge in [-0.3, -0.25) is 4.79 Å². The van der Waals surface area contributed by atoms with E-state index in [4.69, 9.17) is 0 Å². The van der Waals surface area contributed by atoms with Crippen LogP contribution >= 0.6 is 0 Å². The Morgan fingerprint density at radius 3 is 2.15 bits per heavy atom. The van der Waals surface area contributed by atoms with Crippen molar-refractivity contribution in [3.05, 3.63) is 0 Å². The maximum absolute atomic E-state index is 12.4. The van der Waals surface area contributed by atoms with Crippen molar-refractivity contribution in [2.45, 2.75) is 76.4 Å². The van der Waals surface area contributed by atoms with Crippen LogP contribution in [0, 0.1) is 23.2 Å². The molecule has 0 saturated heterocycles. The minimum Gasteiger partial charge on any atom is -0.391 e. The third-order valence-corrected chi connectivity index (χ3v) is 6.53. The normalized spacial score (nSPS) is 49.5. The van der Waals surface area contributed by atoms with Crippen LogP contribution in [0.15, 0.2) is 0 Å². The second-order valence-corrected chi connectivity index (χ2v) is 8.27. The third-order valence-electron chi connectivity index (χ3n) is 6.53. The molecule has 5 aliphatic rings. The molecule has 0 aromatic heterocycles. The fourth-order valence-corrected chi connectivity index (χ4v) is 6.21. The Morgan fingerprint density at radius 1 is 1.05 bits per heavy atom. The summed E-state index contributed by atoms with van der Waals surface area (Å²) in [5, 5.41) is 13.0. The van der Waals surface area contributed by atoms with Gasteiger partial charge < -0.3 is 10.4 Å². The first-order valence-corrected chi connectivity index (χ1v) is 8.59. The minimum atomic E-state index is -0.310. The van der Waals surface area contributed by atoms with E-state index in [1.54, 1.807) is 0 Å². The molecule has 3 heteroatoms. The van der Waals surface area contributed by atoms with Gasteiger partial charge in [-0.25, -0.2) is 0 Å². The maximum Gasteiger partial charge on any atom is 0.220 e. The Bertz CT molecular complexity index is 371. The zero-order valence-electron chi connectivity index (χ0n) is 12.3. The Morgan fingerprint density at radius 2 is 1.65 bits per heavy atom. The van der Waals surface area contributed by atoms with Crippen LogP contribution in [-0.4, -0.2) is 23.2 Å². The van der Waals surface area contributed by atoms with Gasteiger partial charge >= 0.3 is 0 Å². The van der Waals surface area contributed by atoms with Crippen LogP contribution in [0.2, 0.25) is 0 Å². The van der Waals surface area contributed by atoms with Crippen LogP contribution < -0.4 is 5.32 Å². The lowest BCUT2D eigenvalue weighted by atomic mass is 9.49. The summed E-state index contributed by atoms with van der Waals surface area (Å²) in [5.74, 6) is 2.93. The van der Waals surface area contributed by atoms with Gasteiger partial charge in [0.05, 0.1) is 12.1 Å². The largest absolute Gasteiger partial charge is 0.391 e. The molecule has 3 nitrogen and oxygen atoms in total. The first-order chi connectivity index (χ1) is 9.62. The summed E-state index contributed by atoms with van der Waals surface area (Å²) < 4.78 is 0. The highest BCUT2D eigenvalue weighted by Crippen LogP contribution is 2.61. The molecular weight excluding hydrogens is 250 g/mol. The Labute approximate surface area is 121 Å². The molecule has 0 aliphatic heterocycles. The van der Waals surface area contributed by atoms with Crippen molar-refractivity contribution < 1.29 is 9.90 Å². The van der Waals surface area contributed by atoms with Gasteiger partial charge in [-0.2, -0.15) is 0 Å². The highest BCUT2D eigenvalue weighted by atomic mass is 16.3. The molecular formula is C17H27NO2. The van der Waals surface area contributed by atoms with E-state index in [1.807, 2.05) is 0 Å². The smallest absolute Gasteiger partial charge is 0.220 e. The van der Waals surface area contributed by atoms with E-state index in [0.29, 0.717) is 5.41 Å². The first kappa shape index (κ1) is 13.1. The van der Waals surface area contributed by atoms with Gasteiger partial charge in [0.2, 0.25) is 5.91 Å². The number of aliphatic hydroxyl groups excluding tert-OH is 1. The van der Waals surface area contributed by atoms with Gasteiger partial charge in [0.25, 0.3) is 0 Å². The maximum atomic E-state index is 12.4. The lowest BCUT2D eigenvalue weighted by Crippen LogP contribution is -2.49. The van der Waals surface area contributed by atoms with Crippen molar-refractivity contribution in [1.82, 2.24) is 5.32 Å². The lowest BCUT2D eigenvalue weighted by Gasteiger charge is -2.56. The molecule has 20 heavy (non-hydrogen) atoms. The molecule has 4 bridgehead atoms. The molecule has 112 valence electrons. The molecule has 5 rings (SSSR count). The lowest BCUT2D eigenvalue weighted by molar-refractivity contribution is -0.130. The number of amides is 1. The average Bonchev–Trinajstić information content (AvgIpc) is 2.72. The van der Waals surface area contributed by atoms with E-state index in [1.165, 1.54) is 38.5 Å². The van der Waals surface area contributed by atoms with Crippen molar-refractivity contribution in [2.24, 2.45) is 23.2 Å². The van der Waals surface area contributed by atoms with Crippen molar-refractivity contribution in [3.63, 3.8) is 0 Å². The van der Waals surface area contributed by atoms with Crippen molar-refractivity contribution >= 4 is 5.91 Å². The van der Waals surface area contributed by atoms with E-state index in [-0.39, 0.29) is 18.1 Å². The summed E-state index contributed by atoms with van der Waals surface area (Å²) in [6.07, 6.45) is 11.4. The number of hydrogen-bond donors (Lipinski definition) is 2. The molecule has 0 aromatic carbocycles. The summed E-state index contributed by atoms with van der Waals surface area (Å²) in [6.45, 7) is 0. The second-order valence-electron chi connectivity index (χ2n) is 8.27. The number of nitrogens with one attached hydrogen (secondary N) is 1. The Kier molecular flexibility index (Phi) is 3.10. The van der Waals surface area contributed by atoms with Gasteiger partial charge in [-0.05, 0) is 81.0 Å². The molecule has 5 saturated carbocycles. The molecule has 0 aromatic rings. The van der Waals surface area contributed by atoms with Crippen molar-refractivity contribution in [3.8, 4) is 0 Å². The number of carbonyl (C=O) groups excluding carboxylic acids is 1. The predicted molar refractivity (Wildman–Crippen MR) is 77.0 cm³/mol. The molecule has 0 spiro atoms. The summed E-state index contributed by atoms with van der Waals surface area (Å²) in [6, 6.07) is 0.0245. The number of rotatable bonds is 3.